The van der Waals surface area contributed by atoms with Crippen molar-refractivity contribution < 1.29 is 4.79 Å². The Balaban J connectivity index is 1.87. The van der Waals surface area contributed by atoms with E-state index in [2.05, 4.69) is 10.3 Å². The molecule has 2 aromatic carbocycles. The lowest BCUT2D eigenvalue weighted by molar-refractivity contribution is 0.102. The van der Waals surface area contributed by atoms with Crippen LogP contribution < -0.4 is 5.32 Å². The van der Waals surface area contributed by atoms with Crippen molar-refractivity contribution in [3.63, 3.8) is 0 Å². The van der Waals surface area contributed by atoms with Gasteiger partial charge in [0.15, 0.2) is 0 Å². The molecule has 0 saturated carbocycles. The molecule has 3 nitrogen and oxygen atoms in total. The lowest BCUT2D eigenvalue weighted by atomic mass is 10.1. The van der Waals surface area contributed by atoms with Gasteiger partial charge in [-0.05, 0) is 35.0 Å². The zero-order chi connectivity index (χ0) is 13.1. The summed E-state index contributed by atoms with van der Waals surface area (Å²) in [6.45, 7) is 0. The van der Waals surface area contributed by atoms with Crippen LogP contribution in [0.3, 0.4) is 0 Å². The van der Waals surface area contributed by atoms with E-state index in [-0.39, 0.29) is 5.91 Å². The van der Waals surface area contributed by atoms with Crippen LogP contribution in [0.5, 0.6) is 0 Å². The standard InChI is InChI=1S/C16H12N2O/c19-16(13-7-9-17-10-8-13)18-15-6-5-12-3-1-2-4-14(12)11-15/h1-11H,(H,18,19). The van der Waals surface area contributed by atoms with Crippen molar-refractivity contribution in [2.24, 2.45) is 0 Å². The second kappa shape index (κ2) is 4.90. The molecule has 0 radical (unpaired) electrons. The van der Waals surface area contributed by atoms with Gasteiger partial charge in [-0.2, -0.15) is 0 Å². The Morgan fingerprint density at radius 1 is 0.895 bits per heavy atom. The molecular formula is C16H12N2O. The van der Waals surface area contributed by atoms with Crippen molar-refractivity contribution >= 4 is 22.4 Å². The number of rotatable bonds is 2. The SMILES string of the molecule is O=C(Nc1ccc2ccccc2c1)c1ccncc1. The van der Waals surface area contributed by atoms with Gasteiger partial charge in [-0.3, -0.25) is 9.78 Å². The average molecular weight is 248 g/mol. The first-order valence-electron chi connectivity index (χ1n) is 6.03. The average Bonchev–Trinajstić information content (AvgIpc) is 2.48. The molecule has 1 amide bonds. The summed E-state index contributed by atoms with van der Waals surface area (Å²) in [5.41, 5.74) is 1.39. The highest BCUT2D eigenvalue weighted by molar-refractivity contribution is 6.05. The number of benzene rings is 2. The van der Waals surface area contributed by atoms with Crippen molar-refractivity contribution in [3.05, 3.63) is 72.6 Å². The first-order valence-corrected chi connectivity index (χ1v) is 6.03. The normalized spacial score (nSPS) is 10.3. The second-order valence-corrected chi connectivity index (χ2v) is 4.25. The van der Waals surface area contributed by atoms with Gasteiger partial charge in [0.2, 0.25) is 0 Å². The van der Waals surface area contributed by atoms with Gasteiger partial charge in [-0.25, -0.2) is 0 Å². The van der Waals surface area contributed by atoms with Crippen molar-refractivity contribution in [1.82, 2.24) is 4.98 Å². The minimum absolute atomic E-state index is 0.127. The molecule has 0 saturated heterocycles. The van der Waals surface area contributed by atoms with Crippen LogP contribution in [-0.2, 0) is 0 Å². The highest BCUT2D eigenvalue weighted by Gasteiger charge is 2.05. The third-order valence-electron chi connectivity index (χ3n) is 2.95. The molecule has 19 heavy (non-hydrogen) atoms. The number of anilines is 1. The fourth-order valence-electron chi connectivity index (χ4n) is 1.97. The molecule has 0 atom stereocenters. The van der Waals surface area contributed by atoms with E-state index in [1.807, 2.05) is 42.5 Å². The third-order valence-corrected chi connectivity index (χ3v) is 2.95. The molecular weight excluding hydrogens is 236 g/mol. The summed E-state index contributed by atoms with van der Waals surface area (Å²) in [6, 6.07) is 17.3. The molecule has 0 fully saturated rings. The predicted octanol–water partition coefficient (Wildman–Crippen LogP) is 3.49. The van der Waals surface area contributed by atoms with Crippen LogP contribution in [0, 0.1) is 0 Å². The van der Waals surface area contributed by atoms with Crippen molar-refractivity contribution in [2.45, 2.75) is 0 Å². The Bertz CT molecular complexity index is 723. The third kappa shape index (κ3) is 2.45. The molecule has 1 aromatic heterocycles. The smallest absolute Gasteiger partial charge is 0.255 e. The Labute approximate surface area is 110 Å². The molecule has 92 valence electrons. The minimum Gasteiger partial charge on any atom is -0.322 e. The molecule has 3 aromatic rings. The molecule has 0 spiro atoms. The van der Waals surface area contributed by atoms with Crippen LogP contribution in [0.25, 0.3) is 10.8 Å². The maximum Gasteiger partial charge on any atom is 0.255 e. The van der Waals surface area contributed by atoms with Gasteiger partial charge in [0, 0.05) is 23.6 Å². The lowest BCUT2D eigenvalue weighted by Gasteiger charge is -2.06. The summed E-state index contributed by atoms with van der Waals surface area (Å²) < 4.78 is 0. The van der Waals surface area contributed by atoms with Gasteiger partial charge in [0.1, 0.15) is 0 Å². The van der Waals surface area contributed by atoms with Crippen LogP contribution in [0.15, 0.2) is 67.0 Å². The number of fused-ring (bicyclic) bond motifs is 1. The number of nitrogens with one attached hydrogen (secondary N) is 1. The molecule has 3 rings (SSSR count). The Hall–Kier alpha value is -2.68. The van der Waals surface area contributed by atoms with E-state index in [0.717, 1.165) is 16.5 Å². The number of hydrogen-bond donors (Lipinski definition) is 1. The Morgan fingerprint density at radius 2 is 1.63 bits per heavy atom. The van der Waals surface area contributed by atoms with Gasteiger partial charge in [0.05, 0.1) is 0 Å². The summed E-state index contributed by atoms with van der Waals surface area (Å²) in [5, 5.41) is 5.15. The summed E-state index contributed by atoms with van der Waals surface area (Å²) in [7, 11) is 0. The van der Waals surface area contributed by atoms with Gasteiger partial charge in [0.25, 0.3) is 5.91 Å². The van der Waals surface area contributed by atoms with Crippen molar-refractivity contribution in [3.8, 4) is 0 Å². The molecule has 0 aliphatic heterocycles. The fraction of sp³-hybridized carbons (Fsp3) is 0. The van der Waals surface area contributed by atoms with E-state index in [4.69, 9.17) is 0 Å². The largest absolute Gasteiger partial charge is 0.322 e. The zero-order valence-electron chi connectivity index (χ0n) is 10.2. The number of amides is 1. The molecule has 1 heterocycles. The van der Waals surface area contributed by atoms with Crippen molar-refractivity contribution in [2.75, 3.05) is 5.32 Å². The summed E-state index contributed by atoms with van der Waals surface area (Å²) in [6.07, 6.45) is 3.21. The molecule has 0 unspecified atom stereocenters. The zero-order valence-corrected chi connectivity index (χ0v) is 10.2. The monoisotopic (exact) mass is 248 g/mol. The predicted molar refractivity (Wildman–Crippen MR) is 76.1 cm³/mol. The number of carbonyl (C=O) groups excluding carboxylic acids is 1. The first kappa shape index (κ1) is 11.4. The van der Waals surface area contributed by atoms with Crippen LogP contribution in [-0.4, -0.2) is 10.9 Å². The topological polar surface area (TPSA) is 42.0 Å². The van der Waals surface area contributed by atoms with Gasteiger partial charge >= 0.3 is 0 Å². The van der Waals surface area contributed by atoms with Crippen LogP contribution in [0.4, 0.5) is 5.69 Å². The van der Waals surface area contributed by atoms with E-state index in [1.165, 1.54) is 0 Å². The summed E-state index contributed by atoms with van der Waals surface area (Å²) in [5.74, 6) is -0.127. The molecule has 0 aliphatic rings. The summed E-state index contributed by atoms with van der Waals surface area (Å²) >= 11 is 0. The van der Waals surface area contributed by atoms with E-state index < -0.39 is 0 Å². The maximum absolute atomic E-state index is 12.0. The molecule has 0 aliphatic carbocycles. The van der Waals surface area contributed by atoms with Crippen LogP contribution in [0.1, 0.15) is 10.4 Å². The van der Waals surface area contributed by atoms with Gasteiger partial charge < -0.3 is 5.32 Å². The highest BCUT2D eigenvalue weighted by atomic mass is 16.1. The number of hydrogen-bond acceptors (Lipinski definition) is 2. The van der Waals surface area contributed by atoms with Crippen LogP contribution in [0.2, 0.25) is 0 Å². The summed E-state index contributed by atoms with van der Waals surface area (Å²) in [4.78, 5) is 15.9. The minimum atomic E-state index is -0.127. The molecule has 1 N–H and O–H groups in total. The van der Waals surface area contributed by atoms with E-state index in [0.29, 0.717) is 5.56 Å². The Morgan fingerprint density at radius 3 is 2.42 bits per heavy atom. The Kier molecular flexibility index (Phi) is 2.94. The van der Waals surface area contributed by atoms with E-state index in [9.17, 15) is 4.79 Å². The maximum atomic E-state index is 12.0. The number of aromatic nitrogens is 1. The van der Waals surface area contributed by atoms with Crippen molar-refractivity contribution in [1.29, 1.82) is 0 Å². The number of carbonyl (C=O) groups is 1. The van der Waals surface area contributed by atoms with Gasteiger partial charge in [-0.15, -0.1) is 0 Å². The second-order valence-electron chi connectivity index (χ2n) is 4.25. The van der Waals surface area contributed by atoms with E-state index in [1.54, 1.807) is 24.5 Å². The number of nitrogens with zero attached hydrogens (tertiary/aromatic N) is 1. The number of pyridine rings is 1. The molecule has 3 heteroatoms. The lowest BCUT2D eigenvalue weighted by Crippen LogP contribution is -2.11. The van der Waals surface area contributed by atoms with E-state index >= 15 is 0 Å². The van der Waals surface area contributed by atoms with Crippen LogP contribution >= 0.6 is 0 Å². The first-order chi connectivity index (χ1) is 9.33. The molecule has 0 bridgehead atoms. The highest BCUT2D eigenvalue weighted by Crippen LogP contribution is 2.19. The van der Waals surface area contributed by atoms with Gasteiger partial charge in [-0.1, -0.05) is 30.3 Å². The fourth-order valence-corrected chi connectivity index (χ4v) is 1.97. The quantitative estimate of drug-likeness (QED) is 0.754.